The lowest BCUT2D eigenvalue weighted by atomic mass is 10.1. The molecule has 0 aromatic carbocycles. The van der Waals surface area contributed by atoms with E-state index in [1.165, 1.54) is 0 Å². The van der Waals surface area contributed by atoms with Gasteiger partial charge in [0.25, 0.3) is 0 Å². The Morgan fingerprint density at radius 2 is 2.23 bits per heavy atom. The summed E-state index contributed by atoms with van der Waals surface area (Å²) in [6.07, 6.45) is 0.915. The molecule has 0 bridgehead atoms. The maximum atomic E-state index is 9.41. The molecule has 0 saturated carbocycles. The minimum atomic E-state index is -0.409. The molecule has 0 aromatic rings. The van der Waals surface area contributed by atoms with Crippen molar-refractivity contribution in [3.8, 4) is 0 Å². The highest BCUT2D eigenvalue weighted by Gasteiger charge is 2.28. The van der Waals surface area contributed by atoms with E-state index in [1.807, 2.05) is 6.92 Å². The Morgan fingerprint density at radius 1 is 1.46 bits per heavy atom. The third kappa shape index (κ3) is 3.60. The summed E-state index contributed by atoms with van der Waals surface area (Å²) in [5.41, 5.74) is 0. The van der Waals surface area contributed by atoms with Crippen molar-refractivity contribution in [2.75, 3.05) is 13.2 Å². The van der Waals surface area contributed by atoms with Gasteiger partial charge in [-0.15, -0.1) is 0 Å². The molecule has 1 fully saturated rings. The number of aliphatic hydroxyl groups excluding tert-OH is 2. The van der Waals surface area contributed by atoms with Crippen LogP contribution >= 0.6 is 0 Å². The number of ether oxygens (including phenoxy) is 2. The van der Waals surface area contributed by atoms with Gasteiger partial charge in [-0.25, -0.2) is 0 Å². The lowest BCUT2D eigenvalue weighted by Gasteiger charge is -2.31. The largest absolute Gasteiger partial charge is 0.394 e. The zero-order valence-corrected chi connectivity index (χ0v) is 7.98. The molecule has 0 amide bonds. The Kier molecular flexibility index (Phi) is 4.66. The average molecular weight is 190 g/mol. The van der Waals surface area contributed by atoms with Crippen molar-refractivity contribution >= 4 is 0 Å². The molecule has 0 unspecified atom stereocenters. The van der Waals surface area contributed by atoms with Crippen LogP contribution in [0.2, 0.25) is 0 Å². The fourth-order valence-electron chi connectivity index (χ4n) is 1.42. The predicted octanol–water partition coefficient (Wildman–Crippen LogP) is 0.271. The highest BCUT2D eigenvalue weighted by atomic mass is 16.7. The van der Waals surface area contributed by atoms with E-state index >= 15 is 0 Å². The van der Waals surface area contributed by atoms with Gasteiger partial charge >= 0.3 is 0 Å². The van der Waals surface area contributed by atoms with Crippen molar-refractivity contribution < 1.29 is 19.7 Å². The molecular formula is C9H18O4. The lowest BCUT2D eigenvalue weighted by Crippen LogP contribution is -2.38. The summed E-state index contributed by atoms with van der Waals surface area (Å²) < 4.78 is 10.7. The topological polar surface area (TPSA) is 58.9 Å². The van der Waals surface area contributed by atoms with Crippen LogP contribution in [-0.2, 0) is 9.47 Å². The van der Waals surface area contributed by atoms with E-state index in [0.717, 1.165) is 6.42 Å². The molecule has 78 valence electrons. The summed E-state index contributed by atoms with van der Waals surface area (Å²) in [5, 5.41) is 18.3. The number of hydrogen-bond acceptors (Lipinski definition) is 4. The van der Waals surface area contributed by atoms with Crippen molar-refractivity contribution in [2.24, 2.45) is 0 Å². The van der Waals surface area contributed by atoms with Crippen molar-refractivity contribution in [2.45, 2.75) is 44.7 Å². The molecule has 1 rings (SSSR count). The van der Waals surface area contributed by atoms with Gasteiger partial charge < -0.3 is 19.7 Å². The highest BCUT2D eigenvalue weighted by Crippen LogP contribution is 2.20. The summed E-state index contributed by atoms with van der Waals surface area (Å²) in [7, 11) is 0. The molecule has 13 heavy (non-hydrogen) atoms. The van der Waals surface area contributed by atoms with Gasteiger partial charge in [-0.2, -0.15) is 0 Å². The first kappa shape index (κ1) is 10.9. The van der Waals surface area contributed by atoms with Crippen LogP contribution in [0.15, 0.2) is 0 Å². The minimum absolute atomic E-state index is 0.0525. The van der Waals surface area contributed by atoms with Crippen LogP contribution in [0.5, 0.6) is 0 Å². The van der Waals surface area contributed by atoms with Gasteiger partial charge in [0.05, 0.1) is 18.8 Å². The Labute approximate surface area is 78.5 Å². The van der Waals surface area contributed by atoms with Crippen LogP contribution in [0.1, 0.15) is 26.2 Å². The summed E-state index contributed by atoms with van der Waals surface area (Å²) in [5.74, 6) is 0. The number of hydrogen-bond donors (Lipinski definition) is 2. The van der Waals surface area contributed by atoms with Crippen LogP contribution in [-0.4, -0.2) is 41.9 Å². The fourth-order valence-corrected chi connectivity index (χ4v) is 1.42. The Balaban J connectivity index is 2.29. The first-order chi connectivity index (χ1) is 6.26. The van der Waals surface area contributed by atoms with E-state index in [4.69, 9.17) is 14.6 Å². The van der Waals surface area contributed by atoms with E-state index in [9.17, 15) is 5.11 Å². The van der Waals surface area contributed by atoms with Gasteiger partial charge in [0, 0.05) is 19.4 Å². The molecule has 3 atom stereocenters. The van der Waals surface area contributed by atoms with Crippen LogP contribution in [0.25, 0.3) is 0 Å². The average Bonchev–Trinajstić information content (AvgIpc) is 2.14. The molecule has 1 aliphatic heterocycles. The quantitative estimate of drug-likeness (QED) is 0.668. The normalized spacial score (nSPS) is 34.8. The third-order valence-corrected chi connectivity index (χ3v) is 2.06. The fraction of sp³-hybridized carbons (Fsp3) is 1.00. The van der Waals surface area contributed by atoms with E-state index in [-0.39, 0.29) is 19.0 Å². The van der Waals surface area contributed by atoms with Gasteiger partial charge in [-0.05, 0) is 6.42 Å². The molecule has 1 saturated heterocycles. The lowest BCUT2D eigenvalue weighted by molar-refractivity contribution is -0.221. The Morgan fingerprint density at radius 3 is 2.85 bits per heavy atom. The number of rotatable bonds is 4. The van der Waals surface area contributed by atoms with Gasteiger partial charge in [0.1, 0.15) is 0 Å². The molecule has 1 heterocycles. The van der Waals surface area contributed by atoms with Gasteiger partial charge in [-0.1, -0.05) is 6.92 Å². The summed E-state index contributed by atoms with van der Waals surface area (Å²) in [4.78, 5) is 0. The van der Waals surface area contributed by atoms with Crippen molar-refractivity contribution in [1.29, 1.82) is 0 Å². The first-order valence-electron chi connectivity index (χ1n) is 4.82. The summed E-state index contributed by atoms with van der Waals surface area (Å²) in [6, 6.07) is 0. The van der Waals surface area contributed by atoms with E-state index in [1.54, 1.807) is 0 Å². The highest BCUT2D eigenvalue weighted by molar-refractivity contribution is 4.72. The van der Waals surface area contributed by atoms with E-state index in [2.05, 4.69) is 0 Å². The van der Waals surface area contributed by atoms with E-state index in [0.29, 0.717) is 19.4 Å². The molecular weight excluding hydrogens is 172 g/mol. The SMILES string of the molecule is CCCO[C@H]1C[C@@H](O)C[C@@H](CO)O1. The third-order valence-electron chi connectivity index (χ3n) is 2.06. The second-order valence-corrected chi connectivity index (χ2v) is 3.37. The minimum Gasteiger partial charge on any atom is -0.394 e. The van der Waals surface area contributed by atoms with Crippen LogP contribution in [0.3, 0.4) is 0 Å². The van der Waals surface area contributed by atoms with E-state index < -0.39 is 6.10 Å². The van der Waals surface area contributed by atoms with Crippen molar-refractivity contribution in [1.82, 2.24) is 0 Å². The molecule has 0 spiro atoms. The summed E-state index contributed by atoms with van der Waals surface area (Å²) in [6.45, 7) is 2.60. The predicted molar refractivity (Wildman–Crippen MR) is 47.2 cm³/mol. The van der Waals surface area contributed by atoms with Crippen LogP contribution in [0, 0.1) is 0 Å². The smallest absolute Gasteiger partial charge is 0.160 e. The second-order valence-electron chi connectivity index (χ2n) is 3.37. The van der Waals surface area contributed by atoms with Crippen molar-refractivity contribution in [3.05, 3.63) is 0 Å². The van der Waals surface area contributed by atoms with Crippen LogP contribution < -0.4 is 0 Å². The maximum Gasteiger partial charge on any atom is 0.160 e. The zero-order valence-electron chi connectivity index (χ0n) is 7.98. The number of aliphatic hydroxyl groups is 2. The monoisotopic (exact) mass is 190 g/mol. The summed E-state index contributed by atoms with van der Waals surface area (Å²) >= 11 is 0. The first-order valence-corrected chi connectivity index (χ1v) is 4.82. The van der Waals surface area contributed by atoms with Gasteiger partial charge in [-0.3, -0.25) is 0 Å². The molecule has 1 aliphatic rings. The van der Waals surface area contributed by atoms with Gasteiger partial charge in [0.15, 0.2) is 6.29 Å². The molecule has 0 radical (unpaired) electrons. The molecule has 2 N–H and O–H groups in total. The van der Waals surface area contributed by atoms with Crippen molar-refractivity contribution in [3.63, 3.8) is 0 Å². The van der Waals surface area contributed by atoms with Gasteiger partial charge in [0.2, 0.25) is 0 Å². The molecule has 0 aliphatic carbocycles. The standard InChI is InChI=1S/C9H18O4/c1-2-3-12-9-5-7(11)4-8(6-10)13-9/h7-11H,2-6H2,1H3/t7-,8-,9+/m0/s1. The molecule has 4 heteroatoms. The maximum absolute atomic E-state index is 9.41. The molecule has 4 nitrogen and oxygen atoms in total. The van der Waals surface area contributed by atoms with Crippen LogP contribution in [0.4, 0.5) is 0 Å². The zero-order chi connectivity index (χ0) is 9.68. The second kappa shape index (κ2) is 5.54. The molecule has 0 aromatic heterocycles. The Hall–Kier alpha value is -0.160. The Bertz CT molecular complexity index is 140.